The van der Waals surface area contributed by atoms with Crippen molar-refractivity contribution in [3.05, 3.63) is 46.3 Å². The van der Waals surface area contributed by atoms with Crippen LogP contribution in [0.3, 0.4) is 0 Å². The summed E-state index contributed by atoms with van der Waals surface area (Å²) in [5.74, 6) is 0.837. The molecule has 0 aliphatic rings. The monoisotopic (exact) mass is 260 g/mol. The van der Waals surface area contributed by atoms with Crippen molar-refractivity contribution in [1.29, 1.82) is 0 Å². The molecule has 0 saturated carbocycles. The summed E-state index contributed by atoms with van der Waals surface area (Å²) in [5.41, 5.74) is 0.691. The average molecular weight is 260 g/mol. The number of hydrogen-bond acceptors (Lipinski definition) is 4. The molecule has 2 rings (SSSR count). The Morgan fingerprint density at radius 2 is 2.22 bits per heavy atom. The summed E-state index contributed by atoms with van der Waals surface area (Å²) in [6.45, 7) is 5.28. The summed E-state index contributed by atoms with van der Waals surface area (Å²) in [7, 11) is 0. The molecule has 0 aliphatic carbocycles. The number of carbonyl (C=O) groups excluding carboxylic acids is 1. The van der Waals surface area contributed by atoms with Crippen LogP contribution in [0.4, 0.5) is 5.82 Å². The molecular formula is C14H16N2OS. The van der Waals surface area contributed by atoms with Crippen LogP contribution in [0.1, 0.15) is 29.1 Å². The molecule has 0 unspecified atom stereocenters. The molecule has 0 fully saturated rings. The summed E-state index contributed by atoms with van der Waals surface area (Å²) >= 11 is 1.72. The third-order valence-corrected chi connectivity index (χ3v) is 3.64. The number of ketones is 1. The number of thiophene rings is 1. The van der Waals surface area contributed by atoms with E-state index < -0.39 is 0 Å². The van der Waals surface area contributed by atoms with Crippen molar-refractivity contribution in [3.8, 4) is 0 Å². The molecule has 0 amide bonds. The highest BCUT2D eigenvalue weighted by Gasteiger charge is 2.14. The van der Waals surface area contributed by atoms with Gasteiger partial charge >= 0.3 is 0 Å². The maximum absolute atomic E-state index is 11.6. The first-order valence-corrected chi connectivity index (χ1v) is 6.83. The molecule has 94 valence electrons. The second-order valence-corrected chi connectivity index (χ2v) is 5.06. The number of hydrogen-bond donors (Lipinski definition) is 0. The minimum Gasteiger partial charge on any atom is -0.351 e. The normalized spacial score (nSPS) is 10.3. The van der Waals surface area contributed by atoms with Crippen molar-refractivity contribution >= 4 is 22.9 Å². The Bertz CT molecular complexity index is 522. The van der Waals surface area contributed by atoms with Gasteiger partial charge in [-0.1, -0.05) is 6.07 Å². The van der Waals surface area contributed by atoms with Gasteiger partial charge < -0.3 is 4.90 Å². The van der Waals surface area contributed by atoms with Crippen LogP contribution >= 0.6 is 11.3 Å². The Hall–Kier alpha value is -1.68. The van der Waals surface area contributed by atoms with E-state index in [9.17, 15) is 4.79 Å². The van der Waals surface area contributed by atoms with Crippen molar-refractivity contribution in [3.63, 3.8) is 0 Å². The second-order valence-electron chi connectivity index (χ2n) is 4.02. The van der Waals surface area contributed by atoms with Crippen molar-refractivity contribution < 1.29 is 4.79 Å². The van der Waals surface area contributed by atoms with Crippen LogP contribution in [0.5, 0.6) is 0 Å². The van der Waals surface area contributed by atoms with Gasteiger partial charge in [-0.3, -0.25) is 4.79 Å². The highest BCUT2D eigenvalue weighted by molar-refractivity contribution is 7.09. The molecule has 0 spiro atoms. The fraction of sp³-hybridized carbons (Fsp3) is 0.286. The summed E-state index contributed by atoms with van der Waals surface area (Å²) in [6.07, 6.45) is 1.73. The van der Waals surface area contributed by atoms with E-state index in [0.29, 0.717) is 5.56 Å². The summed E-state index contributed by atoms with van der Waals surface area (Å²) < 4.78 is 0. The molecule has 2 aromatic rings. The first-order chi connectivity index (χ1) is 8.72. The third-order valence-electron chi connectivity index (χ3n) is 2.77. The van der Waals surface area contributed by atoms with Crippen LogP contribution < -0.4 is 4.90 Å². The number of aromatic nitrogens is 1. The predicted octanol–water partition coefficient (Wildman–Crippen LogP) is 3.37. The smallest absolute Gasteiger partial charge is 0.163 e. The quantitative estimate of drug-likeness (QED) is 0.773. The van der Waals surface area contributed by atoms with Crippen molar-refractivity contribution in [2.45, 2.75) is 20.4 Å². The number of carbonyl (C=O) groups is 1. The van der Waals surface area contributed by atoms with Gasteiger partial charge in [0, 0.05) is 17.6 Å². The second kappa shape index (κ2) is 5.78. The topological polar surface area (TPSA) is 33.2 Å². The molecule has 0 aliphatic heterocycles. The van der Waals surface area contributed by atoms with E-state index in [1.807, 2.05) is 12.1 Å². The molecule has 0 atom stereocenters. The fourth-order valence-electron chi connectivity index (χ4n) is 1.85. The number of nitrogens with zero attached hydrogens (tertiary/aromatic N) is 2. The van der Waals surface area contributed by atoms with Crippen molar-refractivity contribution in [1.82, 2.24) is 4.98 Å². The van der Waals surface area contributed by atoms with Gasteiger partial charge in [-0.15, -0.1) is 11.3 Å². The summed E-state index contributed by atoms with van der Waals surface area (Å²) in [6, 6.07) is 7.78. The SMILES string of the molecule is CCN(Cc1cccs1)c1ncccc1C(C)=O. The lowest BCUT2D eigenvalue weighted by Crippen LogP contribution is -2.24. The van der Waals surface area contributed by atoms with E-state index in [4.69, 9.17) is 0 Å². The molecule has 0 saturated heterocycles. The van der Waals surface area contributed by atoms with Crippen LogP contribution in [-0.2, 0) is 6.54 Å². The lowest BCUT2D eigenvalue weighted by molar-refractivity contribution is 0.101. The highest BCUT2D eigenvalue weighted by Crippen LogP contribution is 2.21. The first kappa shape index (κ1) is 12.8. The lowest BCUT2D eigenvalue weighted by Gasteiger charge is -2.23. The van der Waals surface area contributed by atoms with Gasteiger partial charge in [-0.2, -0.15) is 0 Å². The maximum atomic E-state index is 11.6. The zero-order valence-electron chi connectivity index (χ0n) is 10.6. The molecule has 0 radical (unpaired) electrons. The Morgan fingerprint density at radius 1 is 1.39 bits per heavy atom. The number of rotatable bonds is 5. The Morgan fingerprint density at radius 3 is 2.83 bits per heavy atom. The first-order valence-electron chi connectivity index (χ1n) is 5.95. The zero-order valence-corrected chi connectivity index (χ0v) is 11.4. The molecular weight excluding hydrogens is 244 g/mol. The Balaban J connectivity index is 2.30. The van der Waals surface area contributed by atoms with Crippen LogP contribution in [0.15, 0.2) is 35.8 Å². The molecule has 0 bridgehead atoms. The van der Waals surface area contributed by atoms with Gasteiger partial charge in [0.2, 0.25) is 0 Å². The number of anilines is 1. The van der Waals surface area contributed by atoms with Crippen LogP contribution in [0.25, 0.3) is 0 Å². The van der Waals surface area contributed by atoms with Gasteiger partial charge in [-0.25, -0.2) is 4.98 Å². The molecule has 0 N–H and O–H groups in total. The summed E-state index contributed by atoms with van der Waals surface area (Å²) in [5, 5.41) is 2.06. The van der Waals surface area contributed by atoms with E-state index in [1.165, 1.54) is 4.88 Å². The van der Waals surface area contributed by atoms with Gasteiger partial charge in [0.1, 0.15) is 5.82 Å². The van der Waals surface area contributed by atoms with Crippen LogP contribution in [0, 0.1) is 0 Å². The third kappa shape index (κ3) is 2.76. The van der Waals surface area contributed by atoms with Crippen molar-refractivity contribution in [2.24, 2.45) is 0 Å². The molecule has 3 nitrogen and oxygen atoms in total. The van der Waals surface area contributed by atoms with E-state index in [-0.39, 0.29) is 5.78 Å². The molecule has 18 heavy (non-hydrogen) atoms. The largest absolute Gasteiger partial charge is 0.351 e. The van der Waals surface area contributed by atoms with Gasteiger partial charge in [-0.05, 0) is 37.4 Å². The molecule has 2 aromatic heterocycles. The van der Waals surface area contributed by atoms with Crippen molar-refractivity contribution in [2.75, 3.05) is 11.4 Å². The number of pyridine rings is 1. The predicted molar refractivity (Wildman–Crippen MR) is 75.3 cm³/mol. The minimum absolute atomic E-state index is 0.0581. The zero-order chi connectivity index (χ0) is 13.0. The molecule has 2 heterocycles. The molecule has 0 aromatic carbocycles. The van der Waals surface area contributed by atoms with E-state index in [1.54, 1.807) is 30.5 Å². The maximum Gasteiger partial charge on any atom is 0.163 e. The minimum atomic E-state index is 0.0581. The van der Waals surface area contributed by atoms with E-state index in [0.717, 1.165) is 18.9 Å². The van der Waals surface area contributed by atoms with E-state index in [2.05, 4.69) is 28.3 Å². The van der Waals surface area contributed by atoms with Gasteiger partial charge in [0.25, 0.3) is 0 Å². The van der Waals surface area contributed by atoms with Crippen LogP contribution in [-0.4, -0.2) is 17.3 Å². The van der Waals surface area contributed by atoms with E-state index >= 15 is 0 Å². The van der Waals surface area contributed by atoms with Gasteiger partial charge in [0.15, 0.2) is 5.78 Å². The Kier molecular flexibility index (Phi) is 4.10. The fourth-order valence-corrected chi connectivity index (χ4v) is 2.57. The average Bonchev–Trinajstić information content (AvgIpc) is 2.88. The lowest BCUT2D eigenvalue weighted by atomic mass is 10.1. The standard InChI is InChI=1S/C14H16N2OS/c1-3-16(10-12-6-5-9-18-12)14-13(11(2)17)7-4-8-15-14/h4-9H,3,10H2,1-2H3. The summed E-state index contributed by atoms with van der Waals surface area (Å²) in [4.78, 5) is 19.4. The Labute approximate surface area is 111 Å². The van der Waals surface area contributed by atoms with Crippen LogP contribution in [0.2, 0.25) is 0 Å². The van der Waals surface area contributed by atoms with Gasteiger partial charge in [0.05, 0.1) is 12.1 Å². The molecule has 4 heteroatoms. The number of Topliss-reactive ketones (excluding diaryl/α,β-unsaturated/α-hetero) is 1. The highest BCUT2D eigenvalue weighted by atomic mass is 32.1.